The largest absolute Gasteiger partial charge is 0.459 e. The van der Waals surface area contributed by atoms with Crippen LogP contribution in [-0.4, -0.2) is 22.6 Å². The predicted molar refractivity (Wildman–Crippen MR) is 113 cm³/mol. The molecule has 0 aliphatic heterocycles. The number of rotatable bonds is 7. The minimum atomic E-state index is -4.53. The zero-order valence-electron chi connectivity index (χ0n) is 16.3. The van der Waals surface area contributed by atoms with Crippen molar-refractivity contribution in [1.29, 1.82) is 0 Å². The Labute approximate surface area is 184 Å². The number of aromatic nitrogens is 1. The van der Waals surface area contributed by atoms with Crippen molar-refractivity contribution in [3.63, 3.8) is 0 Å². The van der Waals surface area contributed by atoms with Crippen LogP contribution in [0.1, 0.15) is 18.2 Å². The maximum absolute atomic E-state index is 13.0. The van der Waals surface area contributed by atoms with Crippen molar-refractivity contribution in [2.24, 2.45) is 0 Å². The van der Waals surface area contributed by atoms with Crippen molar-refractivity contribution in [3.8, 4) is 0 Å². The van der Waals surface area contributed by atoms with Crippen LogP contribution in [0.4, 0.5) is 24.0 Å². The van der Waals surface area contributed by atoms with Crippen molar-refractivity contribution in [2.45, 2.75) is 24.6 Å². The number of thioether (sulfide) groups is 1. The van der Waals surface area contributed by atoms with E-state index in [0.717, 1.165) is 33.3 Å². The van der Waals surface area contributed by atoms with Gasteiger partial charge in [-0.2, -0.15) is 13.2 Å². The summed E-state index contributed by atoms with van der Waals surface area (Å²) in [5, 5.41) is 1.78. The highest BCUT2D eigenvalue weighted by Crippen LogP contribution is 2.35. The van der Waals surface area contributed by atoms with Gasteiger partial charge in [0, 0.05) is 17.2 Å². The number of alkyl halides is 3. The molecule has 0 saturated heterocycles. The summed E-state index contributed by atoms with van der Waals surface area (Å²) in [6.45, 7) is 1.14. The van der Waals surface area contributed by atoms with E-state index in [0.29, 0.717) is 5.69 Å². The van der Waals surface area contributed by atoms with Gasteiger partial charge in [-0.25, -0.2) is 4.98 Å². The van der Waals surface area contributed by atoms with Crippen molar-refractivity contribution in [1.82, 2.24) is 4.98 Å². The van der Waals surface area contributed by atoms with Crippen molar-refractivity contribution < 1.29 is 27.5 Å². The van der Waals surface area contributed by atoms with Crippen LogP contribution in [0, 0.1) is 0 Å². The molecular formula is C21H17F3N2O3S2. The molecule has 3 aromatic rings. The average molecular weight is 467 g/mol. The molecule has 31 heavy (non-hydrogen) atoms. The second kappa shape index (κ2) is 9.97. The number of thiazole rings is 1. The van der Waals surface area contributed by atoms with Crippen molar-refractivity contribution >= 4 is 45.8 Å². The lowest BCUT2D eigenvalue weighted by Gasteiger charge is -2.19. The Bertz CT molecular complexity index is 1060. The maximum Gasteiger partial charge on any atom is 0.416 e. The van der Waals surface area contributed by atoms with E-state index < -0.39 is 23.6 Å². The number of nitrogens with zero attached hydrogens (tertiary/aromatic N) is 2. The highest BCUT2D eigenvalue weighted by Gasteiger charge is 2.31. The minimum absolute atomic E-state index is 0.0551. The molecule has 5 nitrogen and oxygen atoms in total. The molecule has 1 aromatic heterocycles. The Morgan fingerprint density at radius 2 is 1.87 bits per heavy atom. The SMILES string of the molecule is CC(=O)N(c1cccc(C(F)(F)F)c1)c1nc(COC(=O)CSc2ccccc2)cs1. The third kappa shape index (κ3) is 6.31. The monoisotopic (exact) mass is 466 g/mol. The number of hydrogen-bond donors (Lipinski definition) is 0. The molecule has 0 aliphatic rings. The fourth-order valence-corrected chi connectivity index (χ4v) is 4.16. The summed E-state index contributed by atoms with van der Waals surface area (Å²) in [5.74, 6) is -0.786. The van der Waals surface area contributed by atoms with Gasteiger partial charge in [-0.1, -0.05) is 24.3 Å². The van der Waals surface area contributed by atoms with Crippen LogP contribution in [0.15, 0.2) is 64.9 Å². The van der Waals surface area contributed by atoms with E-state index >= 15 is 0 Å². The van der Waals surface area contributed by atoms with Crippen LogP contribution in [0.5, 0.6) is 0 Å². The molecule has 0 atom stereocenters. The number of esters is 1. The van der Waals surface area contributed by atoms with E-state index in [9.17, 15) is 22.8 Å². The van der Waals surface area contributed by atoms with E-state index in [2.05, 4.69) is 4.98 Å². The van der Waals surface area contributed by atoms with E-state index in [1.807, 2.05) is 30.3 Å². The minimum Gasteiger partial charge on any atom is -0.459 e. The molecule has 0 aliphatic carbocycles. The lowest BCUT2D eigenvalue weighted by molar-refractivity contribution is -0.141. The zero-order chi connectivity index (χ0) is 22.4. The molecule has 0 unspecified atom stereocenters. The molecule has 2 aromatic carbocycles. The smallest absolute Gasteiger partial charge is 0.416 e. The van der Waals surface area contributed by atoms with E-state index in [-0.39, 0.29) is 23.2 Å². The molecule has 0 fully saturated rings. The summed E-state index contributed by atoms with van der Waals surface area (Å²) in [4.78, 5) is 30.4. The first-order valence-corrected chi connectivity index (χ1v) is 10.9. The van der Waals surface area contributed by atoms with Gasteiger partial charge in [0.05, 0.1) is 22.7 Å². The highest BCUT2D eigenvalue weighted by atomic mass is 32.2. The topological polar surface area (TPSA) is 59.5 Å². The number of carbonyl (C=O) groups is 2. The maximum atomic E-state index is 13.0. The molecule has 0 bridgehead atoms. The van der Waals surface area contributed by atoms with Gasteiger partial charge in [-0.3, -0.25) is 14.5 Å². The Morgan fingerprint density at radius 1 is 1.13 bits per heavy atom. The van der Waals surface area contributed by atoms with Gasteiger partial charge in [0.1, 0.15) is 6.61 Å². The molecule has 10 heteroatoms. The Balaban J connectivity index is 1.65. The number of amides is 1. The number of hydrogen-bond acceptors (Lipinski definition) is 6. The molecule has 1 heterocycles. The van der Waals surface area contributed by atoms with Crippen LogP contribution < -0.4 is 4.90 Å². The summed E-state index contributed by atoms with van der Waals surface area (Å²) >= 11 is 2.41. The third-order valence-electron chi connectivity index (χ3n) is 3.96. The predicted octanol–water partition coefficient (Wildman–Crippen LogP) is 5.68. The highest BCUT2D eigenvalue weighted by molar-refractivity contribution is 8.00. The van der Waals surface area contributed by atoms with E-state index in [4.69, 9.17) is 4.74 Å². The first-order valence-electron chi connectivity index (χ1n) is 9.00. The van der Waals surface area contributed by atoms with Gasteiger partial charge in [0.15, 0.2) is 5.13 Å². The van der Waals surface area contributed by atoms with Crippen molar-refractivity contribution in [3.05, 3.63) is 71.2 Å². The van der Waals surface area contributed by atoms with Crippen LogP contribution in [0.25, 0.3) is 0 Å². The summed E-state index contributed by atoms with van der Waals surface area (Å²) in [5.41, 5.74) is -0.409. The molecule has 162 valence electrons. The molecule has 0 spiro atoms. The number of halogens is 3. The molecule has 0 saturated carbocycles. The molecule has 0 N–H and O–H groups in total. The van der Waals surface area contributed by atoms with Crippen LogP contribution in [0.3, 0.4) is 0 Å². The molecule has 0 radical (unpaired) electrons. The van der Waals surface area contributed by atoms with Gasteiger partial charge < -0.3 is 4.74 Å². The fourth-order valence-electron chi connectivity index (χ4n) is 2.57. The number of carbonyl (C=O) groups excluding carboxylic acids is 2. The van der Waals surface area contributed by atoms with Crippen molar-refractivity contribution in [2.75, 3.05) is 10.7 Å². The van der Waals surface area contributed by atoms with Gasteiger partial charge in [-0.05, 0) is 30.3 Å². The first kappa shape index (κ1) is 22.8. The quantitative estimate of drug-likeness (QED) is 0.331. The number of anilines is 2. The summed E-state index contributed by atoms with van der Waals surface area (Å²) in [6, 6.07) is 13.8. The fraction of sp³-hybridized carbons (Fsp3) is 0.190. The Kier molecular flexibility index (Phi) is 7.34. The van der Waals surface area contributed by atoms with E-state index in [1.54, 1.807) is 5.38 Å². The van der Waals surface area contributed by atoms with Crippen LogP contribution in [-0.2, 0) is 27.1 Å². The normalized spacial score (nSPS) is 11.2. The number of benzene rings is 2. The second-order valence-corrected chi connectivity index (χ2v) is 8.17. The standard InChI is InChI=1S/C21H17F3N2O3S2/c1-14(27)26(17-7-5-6-15(10-17)21(22,23)24)20-25-16(12-31-20)11-29-19(28)13-30-18-8-3-2-4-9-18/h2-10,12H,11,13H2,1H3. The number of ether oxygens (including phenoxy) is 1. The summed E-state index contributed by atoms with van der Waals surface area (Å²) in [7, 11) is 0. The zero-order valence-corrected chi connectivity index (χ0v) is 17.9. The average Bonchev–Trinajstić information content (AvgIpc) is 3.19. The summed E-state index contributed by atoms with van der Waals surface area (Å²) in [6.07, 6.45) is -4.53. The first-order chi connectivity index (χ1) is 14.7. The van der Waals surface area contributed by atoms with E-state index in [1.165, 1.54) is 30.8 Å². The second-order valence-electron chi connectivity index (χ2n) is 6.29. The lowest BCUT2D eigenvalue weighted by Crippen LogP contribution is -2.23. The Morgan fingerprint density at radius 3 is 2.55 bits per heavy atom. The lowest BCUT2D eigenvalue weighted by atomic mass is 10.2. The van der Waals surface area contributed by atoms with Gasteiger partial charge in [-0.15, -0.1) is 23.1 Å². The van der Waals surface area contributed by atoms with Gasteiger partial charge in [0.2, 0.25) is 5.91 Å². The molecular weight excluding hydrogens is 449 g/mol. The van der Waals surface area contributed by atoms with Crippen LogP contribution >= 0.6 is 23.1 Å². The van der Waals surface area contributed by atoms with Gasteiger partial charge >= 0.3 is 12.1 Å². The van der Waals surface area contributed by atoms with Crippen LogP contribution in [0.2, 0.25) is 0 Å². The molecule has 1 amide bonds. The third-order valence-corrected chi connectivity index (χ3v) is 5.82. The Hall–Kier alpha value is -2.85. The van der Waals surface area contributed by atoms with Gasteiger partial charge in [0.25, 0.3) is 0 Å². The molecule has 3 rings (SSSR count). The summed E-state index contributed by atoms with van der Waals surface area (Å²) < 4.78 is 44.3.